The van der Waals surface area contributed by atoms with Gasteiger partial charge in [-0.3, -0.25) is 13.8 Å². The molecule has 9 heteroatoms. The van der Waals surface area contributed by atoms with Crippen molar-refractivity contribution in [3.63, 3.8) is 0 Å². The molecule has 34 heavy (non-hydrogen) atoms. The highest BCUT2D eigenvalue weighted by molar-refractivity contribution is 7.86. The zero-order valence-corrected chi connectivity index (χ0v) is 22.6. The van der Waals surface area contributed by atoms with Crippen LogP contribution < -0.4 is 5.48 Å². The smallest absolute Gasteiger partial charge is 0.297 e. The minimum atomic E-state index is -4.08. The van der Waals surface area contributed by atoms with E-state index in [0.29, 0.717) is 12.8 Å². The van der Waals surface area contributed by atoms with E-state index < -0.39 is 36.6 Å². The number of nitrogens with one attached hydrogen (secondary N) is 1. The number of aryl methyl sites for hydroxylation is 1. The molecular weight excluding hydrogens is 470 g/mol. The quantitative estimate of drug-likeness (QED) is 0.165. The fraction of sp³-hybridized carbons (Fsp3) is 0.480. The van der Waals surface area contributed by atoms with Crippen LogP contribution in [0, 0.1) is 6.92 Å². The van der Waals surface area contributed by atoms with Crippen molar-refractivity contribution in [1.29, 1.82) is 0 Å². The Bertz CT molecular complexity index is 1010. The number of rotatable bonds is 14. The lowest BCUT2D eigenvalue weighted by atomic mass is 9.96. The van der Waals surface area contributed by atoms with E-state index >= 15 is 0 Å². The van der Waals surface area contributed by atoms with Gasteiger partial charge in [-0.05, 0) is 57.1 Å². The normalized spacial score (nSPS) is 13.9. The summed E-state index contributed by atoms with van der Waals surface area (Å²) in [5, 5.41) is 0. The van der Waals surface area contributed by atoms with Crippen LogP contribution >= 0.6 is 0 Å². The van der Waals surface area contributed by atoms with Crippen molar-refractivity contribution in [2.75, 3.05) is 6.61 Å². The summed E-state index contributed by atoms with van der Waals surface area (Å²) in [6, 6.07) is 15.8. The molecular formula is C25H37NO6SSi. The molecule has 0 aliphatic carbocycles. The summed E-state index contributed by atoms with van der Waals surface area (Å²) in [6.07, 6.45) is 2.81. The predicted molar refractivity (Wildman–Crippen MR) is 135 cm³/mol. The standard InChI is InChI=1S/C25H37NO6SSi/c1-6-7-11-18-25(32-34(3,4)5,24(27)26-30-19-22-12-9-8-10-13-22)20-31-33(28,29)23-16-14-21(2)15-17-23/h8-10,12-17H,6-7,11,18-20H2,1-5H3,(H,26,27). The lowest BCUT2D eigenvalue weighted by Gasteiger charge is -2.37. The first kappa shape index (κ1) is 28.2. The number of benzene rings is 2. The Balaban J connectivity index is 2.25. The number of carbonyl (C=O) groups excluding carboxylic acids is 1. The van der Waals surface area contributed by atoms with Crippen LogP contribution in [0.25, 0.3) is 0 Å². The fourth-order valence-electron chi connectivity index (χ4n) is 3.42. The Hall–Kier alpha value is -2.04. The van der Waals surface area contributed by atoms with E-state index in [1.54, 1.807) is 12.1 Å². The highest BCUT2D eigenvalue weighted by Crippen LogP contribution is 2.28. The van der Waals surface area contributed by atoms with Crippen LogP contribution in [0.5, 0.6) is 0 Å². The van der Waals surface area contributed by atoms with Gasteiger partial charge in [0.1, 0.15) is 6.61 Å². The molecule has 0 aromatic heterocycles. The highest BCUT2D eigenvalue weighted by Gasteiger charge is 2.44. The topological polar surface area (TPSA) is 90.9 Å². The summed E-state index contributed by atoms with van der Waals surface area (Å²) < 4.78 is 37.5. The maximum absolute atomic E-state index is 13.4. The van der Waals surface area contributed by atoms with Crippen LogP contribution in [0.2, 0.25) is 19.6 Å². The molecule has 0 bridgehead atoms. The first-order chi connectivity index (χ1) is 16.0. The summed E-state index contributed by atoms with van der Waals surface area (Å²) in [6.45, 7) is 9.53. The number of unbranched alkanes of at least 4 members (excludes halogenated alkanes) is 2. The molecule has 0 saturated heterocycles. The van der Waals surface area contributed by atoms with Crippen LogP contribution in [0.1, 0.15) is 43.7 Å². The average molecular weight is 508 g/mol. The van der Waals surface area contributed by atoms with Crippen molar-refractivity contribution in [3.05, 3.63) is 65.7 Å². The van der Waals surface area contributed by atoms with Crippen molar-refractivity contribution >= 4 is 24.3 Å². The monoisotopic (exact) mass is 507 g/mol. The first-order valence-electron chi connectivity index (χ1n) is 11.6. The Morgan fingerprint density at radius 1 is 1.00 bits per heavy atom. The van der Waals surface area contributed by atoms with Gasteiger partial charge in [0, 0.05) is 0 Å². The largest absolute Gasteiger partial charge is 0.402 e. The Kier molecular flexibility index (Phi) is 10.4. The summed E-state index contributed by atoms with van der Waals surface area (Å²) in [4.78, 5) is 18.9. The summed E-state index contributed by atoms with van der Waals surface area (Å²) >= 11 is 0. The van der Waals surface area contributed by atoms with E-state index in [-0.39, 0.29) is 11.5 Å². The number of amides is 1. The van der Waals surface area contributed by atoms with E-state index in [2.05, 4.69) is 12.4 Å². The van der Waals surface area contributed by atoms with Gasteiger partial charge in [-0.2, -0.15) is 8.42 Å². The minimum absolute atomic E-state index is 0.0364. The molecule has 0 heterocycles. The number of hydroxylamine groups is 1. The SMILES string of the molecule is CCCCCC(COS(=O)(=O)c1ccc(C)cc1)(O[Si](C)(C)C)C(=O)NOCc1ccccc1. The zero-order chi connectivity index (χ0) is 25.2. The third-order valence-corrected chi connectivity index (χ3v) is 7.38. The predicted octanol–water partition coefficient (Wildman–Crippen LogP) is 5.12. The second kappa shape index (κ2) is 12.6. The molecule has 0 fully saturated rings. The maximum atomic E-state index is 13.4. The molecule has 2 rings (SSSR count). The lowest BCUT2D eigenvalue weighted by Crippen LogP contribution is -2.56. The van der Waals surface area contributed by atoms with E-state index in [0.717, 1.165) is 24.0 Å². The van der Waals surface area contributed by atoms with Crippen LogP contribution in [0.3, 0.4) is 0 Å². The zero-order valence-electron chi connectivity index (χ0n) is 20.8. The molecule has 0 radical (unpaired) electrons. The highest BCUT2D eigenvalue weighted by atomic mass is 32.2. The number of carbonyl (C=O) groups is 1. The van der Waals surface area contributed by atoms with E-state index in [4.69, 9.17) is 13.4 Å². The van der Waals surface area contributed by atoms with E-state index in [9.17, 15) is 13.2 Å². The van der Waals surface area contributed by atoms with Crippen LogP contribution in [0.15, 0.2) is 59.5 Å². The second-order valence-corrected chi connectivity index (χ2v) is 15.4. The van der Waals surface area contributed by atoms with Crippen molar-refractivity contribution in [2.24, 2.45) is 0 Å². The molecule has 188 valence electrons. The maximum Gasteiger partial charge on any atom is 0.297 e. The summed E-state index contributed by atoms with van der Waals surface area (Å²) in [5.41, 5.74) is 2.82. The van der Waals surface area contributed by atoms with Crippen molar-refractivity contribution in [3.8, 4) is 0 Å². The van der Waals surface area contributed by atoms with Gasteiger partial charge in [-0.1, -0.05) is 67.8 Å². The molecule has 1 N–H and O–H groups in total. The van der Waals surface area contributed by atoms with Gasteiger partial charge in [0.15, 0.2) is 13.9 Å². The summed E-state index contributed by atoms with van der Waals surface area (Å²) in [5.74, 6) is -0.541. The van der Waals surface area contributed by atoms with Gasteiger partial charge in [-0.15, -0.1) is 0 Å². The average Bonchev–Trinajstić information content (AvgIpc) is 2.77. The van der Waals surface area contributed by atoms with E-state index in [1.807, 2.05) is 56.9 Å². The van der Waals surface area contributed by atoms with Crippen LogP contribution in [0.4, 0.5) is 0 Å². The molecule has 0 aliphatic heterocycles. The first-order valence-corrected chi connectivity index (χ1v) is 16.4. The van der Waals surface area contributed by atoms with Gasteiger partial charge in [0.2, 0.25) is 0 Å². The molecule has 1 amide bonds. The Labute approximate surface area is 205 Å². The molecule has 7 nitrogen and oxygen atoms in total. The molecule has 2 aromatic carbocycles. The van der Waals surface area contributed by atoms with Gasteiger partial charge in [0.05, 0.1) is 11.5 Å². The number of hydrogen-bond acceptors (Lipinski definition) is 6. The van der Waals surface area contributed by atoms with Crippen LogP contribution in [-0.2, 0) is 35.0 Å². The molecule has 2 aromatic rings. The van der Waals surface area contributed by atoms with Crippen LogP contribution in [-0.4, -0.2) is 34.9 Å². The molecule has 0 aliphatic rings. The van der Waals surface area contributed by atoms with Gasteiger partial charge in [0.25, 0.3) is 16.0 Å². The number of hydrogen-bond donors (Lipinski definition) is 1. The van der Waals surface area contributed by atoms with Gasteiger partial charge in [-0.25, -0.2) is 5.48 Å². The molecule has 0 saturated carbocycles. The summed E-state index contributed by atoms with van der Waals surface area (Å²) in [7, 11) is -6.37. The van der Waals surface area contributed by atoms with Gasteiger partial charge >= 0.3 is 0 Å². The Morgan fingerprint density at radius 2 is 1.65 bits per heavy atom. The van der Waals surface area contributed by atoms with E-state index in [1.165, 1.54) is 12.1 Å². The lowest BCUT2D eigenvalue weighted by molar-refractivity contribution is -0.155. The third-order valence-electron chi connectivity index (χ3n) is 5.10. The van der Waals surface area contributed by atoms with Crippen molar-refractivity contribution in [2.45, 2.75) is 76.3 Å². The minimum Gasteiger partial charge on any atom is -0.402 e. The van der Waals surface area contributed by atoms with Crippen molar-refractivity contribution in [1.82, 2.24) is 5.48 Å². The fourth-order valence-corrected chi connectivity index (χ4v) is 5.80. The molecule has 1 atom stereocenters. The molecule has 1 unspecified atom stereocenters. The second-order valence-electron chi connectivity index (χ2n) is 9.40. The molecule has 0 spiro atoms. The van der Waals surface area contributed by atoms with Crippen molar-refractivity contribution < 1.29 is 26.7 Å². The van der Waals surface area contributed by atoms with Gasteiger partial charge < -0.3 is 4.43 Å². The Morgan fingerprint density at radius 3 is 2.24 bits per heavy atom. The third kappa shape index (κ3) is 8.96.